The number of carbonyl (C=O) groups excluding carboxylic acids is 1. The molecule has 214 valence electrons. The molecule has 0 spiro atoms. The molecular weight excluding hydrogens is 468 g/mol. The minimum atomic E-state index is -1.19. The number of nitrogens with zero attached hydrogens (tertiary/aromatic N) is 2. The lowest BCUT2D eigenvalue weighted by Gasteiger charge is -2.23. The number of quaternary nitrogens is 2. The van der Waals surface area contributed by atoms with E-state index in [9.17, 15) is 9.90 Å². The molecule has 0 saturated heterocycles. The fraction of sp³-hybridized carbons (Fsp3) is 0.885. The van der Waals surface area contributed by atoms with Crippen molar-refractivity contribution in [3.8, 4) is 0 Å². The maximum Gasteiger partial charge on any atom is 0.0803 e. The molecule has 35 heavy (non-hydrogen) atoms. The number of hydroxylamine groups is 2. The Balaban J connectivity index is -0.000000219. The second-order valence-electron chi connectivity index (χ2n) is 10.7. The molecule has 0 aromatic rings. The number of carboxylic acid groups (broad SMARTS) is 1. The Kier molecular flexibility index (Phi) is 32.9. The number of rotatable bonds is 19. The zero-order chi connectivity index (χ0) is 26.9. The Morgan fingerprint density at radius 3 is 1.29 bits per heavy atom. The van der Waals surface area contributed by atoms with Crippen LogP contribution in [0.5, 0.6) is 0 Å². The van der Waals surface area contributed by atoms with Crippen LogP contribution in [0.3, 0.4) is 0 Å². The first-order valence-corrected chi connectivity index (χ1v) is 12.9. The molecule has 0 amide bonds. The van der Waals surface area contributed by atoms with Crippen LogP contribution in [-0.4, -0.2) is 96.6 Å². The van der Waals surface area contributed by atoms with Gasteiger partial charge < -0.3 is 40.9 Å². The van der Waals surface area contributed by atoms with Gasteiger partial charge in [-0.15, -0.1) is 0 Å². The lowest BCUT2D eigenvalue weighted by Crippen LogP contribution is -3.00. The van der Waals surface area contributed by atoms with Crippen molar-refractivity contribution in [2.45, 2.75) is 72.1 Å². The van der Waals surface area contributed by atoms with Crippen LogP contribution in [0, 0.1) is 0 Å². The summed E-state index contributed by atoms with van der Waals surface area (Å²) in [6.07, 6.45) is 9.77. The van der Waals surface area contributed by atoms with Gasteiger partial charge in [-0.25, -0.2) is 11.0 Å². The standard InChI is InChI=1S/2C11H27N2O.C4H6O2.ClH/c2*1-5-6-7-9-12-14-11-8-10-13(2,3)4;1-3(2)4(5)6;/h2*12H,5-11H2,1-4H3;1H2,2H3,(H,5,6);1H/q2*+1;;/p-2. The minimum Gasteiger partial charge on any atom is -1.00 e. The first kappa shape index (κ1) is 41.4. The number of unbranched alkanes of at least 4 members (excludes halogenated alkanes) is 4. The second kappa shape index (κ2) is 27.8. The molecule has 9 heteroatoms. The fourth-order valence-electron chi connectivity index (χ4n) is 2.41. The highest BCUT2D eigenvalue weighted by atomic mass is 35.5. The molecular formula is C26H59ClN4O4. The van der Waals surface area contributed by atoms with Gasteiger partial charge in [-0.05, 0) is 25.3 Å². The summed E-state index contributed by atoms with van der Waals surface area (Å²) in [7, 11) is 13.2. The Labute approximate surface area is 223 Å². The summed E-state index contributed by atoms with van der Waals surface area (Å²) in [5, 5.41) is 9.49. The Morgan fingerprint density at radius 1 is 0.743 bits per heavy atom. The number of carboxylic acids is 1. The van der Waals surface area contributed by atoms with Crippen molar-refractivity contribution in [3.63, 3.8) is 0 Å². The molecule has 0 aliphatic heterocycles. The molecule has 0 aliphatic carbocycles. The molecule has 0 bridgehead atoms. The van der Waals surface area contributed by atoms with Gasteiger partial charge in [0.25, 0.3) is 0 Å². The van der Waals surface area contributed by atoms with Crippen molar-refractivity contribution in [1.29, 1.82) is 0 Å². The molecule has 0 unspecified atom stereocenters. The summed E-state index contributed by atoms with van der Waals surface area (Å²) in [5.41, 5.74) is 6.06. The Morgan fingerprint density at radius 2 is 1.06 bits per heavy atom. The van der Waals surface area contributed by atoms with Crippen molar-refractivity contribution in [3.05, 3.63) is 12.2 Å². The predicted octanol–water partition coefficient (Wildman–Crippen LogP) is -0.0954. The summed E-state index contributed by atoms with van der Waals surface area (Å²) < 4.78 is 2.03. The fourth-order valence-corrected chi connectivity index (χ4v) is 2.41. The number of hydrogen-bond acceptors (Lipinski definition) is 6. The van der Waals surface area contributed by atoms with Gasteiger partial charge in [0.2, 0.25) is 0 Å². The van der Waals surface area contributed by atoms with Crippen molar-refractivity contribution in [2.75, 3.05) is 81.7 Å². The number of hydrogen-bond donors (Lipinski definition) is 2. The summed E-state index contributed by atoms with van der Waals surface area (Å²) in [5.74, 6) is -1.19. The van der Waals surface area contributed by atoms with Crippen LogP contribution in [0.25, 0.3) is 0 Å². The largest absolute Gasteiger partial charge is 1.00 e. The van der Waals surface area contributed by atoms with E-state index in [4.69, 9.17) is 9.68 Å². The van der Waals surface area contributed by atoms with E-state index < -0.39 is 5.97 Å². The number of carbonyl (C=O) groups is 1. The van der Waals surface area contributed by atoms with Gasteiger partial charge in [-0.2, -0.15) is 0 Å². The molecule has 0 saturated carbocycles. The van der Waals surface area contributed by atoms with Crippen molar-refractivity contribution in [1.82, 2.24) is 11.0 Å². The van der Waals surface area contributed by atoms with Gasteiger partial charge >= 0.3 is 0 Å². The van der Waals surface area contributed by atoms with E-state index >= 15 is 0 Å². The zero-order valence-electron chi connectivity index (χ0n) is 24.5. The van der Waals surface area contributed by atoms with E-state index in [0.717, 1.165) is 61.2 Å². The average Bonchev–Trinajstić information content (AvgIpc) is 2.71. The molecule has 0 aromatic heterocycles. The first-order valence-electron chi connectivity index (χ1n) is 12.9. The lowest BCUT2D eigenvalue weighted by molar-refractivity contribution is -0.870. The zero-order valence-corrected chi connectivity index (χ0v) is 25.3. The lowest BCUT2D eigenvalue weighted by atomic mass is 10.3. The van der Waals surface area contributed by atoms with Crippen LogP contribution < -0.4 is 28.5 Å². The third-order valence-corrected chi connectivity index (χ3v) is 4.47. The highest BCUT2D eigenvalue weighted by molar-refractivity contribution is 5.82. The quantitative estimate of drug-likeness (QED) is 0.106. The van der Waals surface area contributed by atoms with Crippen LogP contribution in [0.2, 0.25) is 0 Å². The normalized spacial score (nSPS) is 10.9. The highest BCUT2D eigenvalue weighted by Crippen LogP contribution is 1.95. The predicted molar refractivity (Wildman–Crippen MR) is 142 cm³/mol. The molecule has 0 aliphatic rings. The summed E-state index contributed by atoms with van der Waals surface area (Å²) in [6.45, 7) is 14.8. The highest BCUT2D eigenvalue weighted by Gasteiger charge is 2.05. The van der Waals surface area contributed by atoms with E-state index in [-0.39, 0.29) is 18.0 Å². The van der Waals surface area contributed by atoms with E-state index in [1.807, 2.05) is 0 Å². The average molecular weight is 527 g/mol. The van der Waals surface area contributed by atoms with Gasteiger partial charge in [0, 0.05) is 25.9 Å². The number of halogens is 1. The SMILES string of the molecule is C=C(C)C(=O)[O-].CCCCCNOCCC[N+](C)(C)C.CCCCCNOCCC[N+](C)(C)C.[Cl-]. The Hall–Kier alpha value is -0.740. The van der Waals surface area contributed by atoms with E-state index in [1.165, 1.54) is 45.4 Å². The third-order valence-electron chi connectivity index (χ3n) is 4.47. The van der Waals surface area contributed by atoms with Crippen LogP contribution in [-0.2, 0) is 14.5 Å². The second-order valence-corrected chi connectivity index (χ2v) is 10.7. The molecule has 0 rings (SSSR count). The molecule has 2 N–H and O–H groups in total. The maximum atomic E-state index is 9.49. The van der Waals surface area contributed by atoms with E-state index in [2.05, 4.69) is 73.7 Å². The summed E-state index contributed by atoms with van der Waals surface area (Å²) in [4.78, 5) is 20.1. The van der Waals surface area contributed by atoms with Crippen molar-refractivity contribution < 1.29 is 40.9 Å². The molecule has 0 atom stereocenters. The maximum absolute atomic E-state index is 9.49. The smallest absolute Gasteiger partial charge is 0.0803 e. The van der Waals surface area contributed by atoms with E-state index in [1.54, 1.807) is 0 Å². The van der Waals surface area contributed by atoms with Gasteiger partial charge in [0.15, 0.2) is 0 Å². The third kappa shape index (κ3) is 50.9. The van der Waals surface area contributed by atoms with Gasteiger partial charge in [0.1, 0.15) is 0 Å². The molecule has 8 nitrogen and oxygen atoms in total. The summed E-state index contributed by atoms with van der Waals surface area (Å²) in [6, 6.07) is 0. The monoisotopic (exact) mass is 526 g/mol. The van der Waals surface area contributed by atoms with Gasteiger partial charge in [0.05, 0.1) is 74.6 Å². The van der Waals surface area contributed by atoms with Crippen molar-refractivity contribution in [2.24, 2.45) is 0 Å². The van der Waals surface area contributed by atoms with Crippen LogP contribution >= 0.6 is 0 Å². The van der Waals surface area contributed by atoms with Crippen LogP contribution in [0.1, 0.15) is 72.1 Å². The minimum absolute atomic E-state index is 0. The van der Waals surface area contributed by atoms with Crippen molar-refractivity contribution >= 4 is 5.97 Å². The van der Waals surface area contributed by atoms with Crippen LogP contribution in [0.15, 0.2) is 12.2 Å². The Bertz CT molecular complexity index is 425. The van der Waals surface area contributed by atoms with Gasteiger partial charge in [-0.3, -0.25) is 0 Å². The van der Waals surface area contributed by atoms with Crippen LogP contribution in [0.4, 0.5) is 0 Å². The number of nitrogens with one attached hydrogen (secondary N) is 2. The van der Waals surface area contributed by atoms with Gasteiger partial charge in [-0.1, -0.05) is 46.1 Å². The summed E-state index contributed by atoms with van der Waals surface area (Å²) >= 11 is 0. The van der Waals surface area contributed by atoms with E-state index in [0.29, 0.717) is 0 Å². The molecule has 0 radical (unpaired) electrons. The number of aliphatic carboxylic acids is 1. The molecule has 0 fully saturated rings. The molecule has 0 aromatic carbocycles. The first-order chi connectivity index (χ1) is 15.8. The molecule has 0 heterocycles. The topological polar surface area (TPSA) is 82.7 Å².